The smallest absolute Gasteiger partial charge is 0.335 e. The number of nitrogens with zero attached hydrogens (tertiary/aromatic N) is 1. The highest BCUT2D eigenvalue weighted by Crippen LogP contribution is 2.23. The largest absolute Gasteiger partial charge is 0.478 e. The average Bonchev–Trinajstić information content (AvgIpc) is 2.48. The van der Waals surface area contributed by atoms with Crippen LogP contribution in [0.4, 0.5) is 5.69 Å². The van der Waals surface area contributed by atoms with E-state index in [4.69, 9.17) is 22.0 Å². The van der Waals surface area contributed by atoms with Gasteiger partial charge in [0, 0.05) is 6.54 Å². The minimum Gasteiger partial charge on any atom is -0.478 e. The molecule has 2 N–H and O–H groups in total. The van der Waals surface area contributed by atoms with E-state index in [2.05, 4.69) is 11.4 Å². The van der Waals surface area contributed by atoms with Crippen LogP contribution in [0.15, 0.2) is 42.5 Å². The molecule has 0 heterocycles. The van der Waals surface area contributed by atoms with Crippen LogP contribution >= 0.6 is 11.6 Å². The third-order valence-corrected chi connectivity index (χ3v) is 3.37. The molecule has 0 fully saturated rings. The van der Waals surface area contributed by atoms with E-state index >= 15 is 0 Å². The quantitative estimate of drug-likeness (QED) is 0.885. The lowest BCUT2D eigenvalue weighted by Gasteiger charge is -2.09. The van der Waals surface area contributed by atoms with Crippen molar-refractivity contribution in [2.45, 2.75) is 6.42 Å². The number of halogens is 1. The fourth-order valence-electron chi connectivity index (χ4n) is 1.94. The fraction of sp³-hybridized carbons (Fsp3) is 0.125. The zero-order chi connectivity index (χ0) is 15.2. The van der Waals surface area contributed by atoms with Gasteiger partial charge in [0.15, 0.2) is 0 Å². The molecule has 0 aromatic heterocycles. The van der Waals surface area contributed by atoms with Gasteiger partial charge >= 0.3 is 5.97 Å². The maximum absolute atomic E-state index is 10.8. The summed E-state index contributed by atoms with van der Waals surface area (Å²) < 4.78 is 0. The molecule has 2 rings (SSSR count). The van der Waals surface area contributed by atoms with E-state index in [-0.39, 0.29) is 5.56 Å². The molecule has 0 saturated carbocycles. The zero-order valence-electron chi connectivity index (χ0n) is 11.1. The molecule has 0 saturated heterocycles. The van der Waals surface area contributed by atoms with Gasteiger partial charge in [-0.2, -0.15) is 5.26 Å². The molecule has 106 valence electrons. The average molecular weight is 301 g/mol. The van der Waals surface area contributed by atoms with Gasteiger partial charge in [-0.05, 0) is 36.2 Å². The summed E-state index contributed by atoms with van der Waals surface area (Å²) in [6, 6.07) is 14.1. The van der Waals surface area contributed by atoms with Crippen molar-refractivity contribution in [2.24, 2.45) is 0 Å². The van der Waals surface area contributed by atoms with Crippen molar-refractivity contribution >= 4 is 23.3 Å². The maximum Gasteiger partial charge on any atom is 0.335 e. The number of carbonyl (C=O) groups is 1. The van der Waals surface area contributed by atoms with Crippen LogP contribution in [-0.2, 0) is 6.42 Å². The number of benzene rings is 2. The SMILES string of the molecule is N#Cc1c(Cl)cccc1NCCc1ccc(C(=O)O)cc1. The Morgan fingerprint density at radius 2 is 1.95 bits per heavy atom. The molecule has 4 nitrogen and oxygen atoms in total. The summed E-state index contributed by atoms with van der Waals surface area (Å²) in [5.41, 5.74) is 2.42. The first-order chi connectivity index (χ1) is 10.1. The fourth-order valence-corrected chi connectivity index (χ4v) is 2.16. The van der Waals surface area contributed by atoms with Crippen LogP contribution < -0.4 is 5.32 Å². The minimum atomic E-state index is -0.933. The van der Waals surface area contributed by atoms with Gasteiger partial charge in [-0.15, -0.1) is 0 Å². The van der Waals surface area contributed by atoms with Crippen LogP contribution in [0.2, 0.25) is 5.02 Å². The van der Waals surface area contributed by atoms with Crippen LogP contribution in [0.3, 0.4) is 0 Å². The van der Waals surface area contributed by atoms with Crippen LogP contribution in [0.5, 0.6) is 0 Å². The molecule has 0 radical (unpaired) electrons. The summed E-state index contributed by atoms with van der Waals surface area (Å²) in [6.45, 7) is 0.626. The standard InChI is InChI=1S/C16H13ClN2O2/c17-14-2-1-3-15(13(14)10-18)19-9-8-11-4-6-12(7-5-11)16(20)21/h1-7,19H,8-9H2,(H,20,21). The van der Waals surface area contributed by atoms with Crippen LogP contribution in [0, 0.1) is 11.3 Å². The molecule has 0 amide bonds. The van der Waals surface area contributed by atoms with Gasteiger partial charge in [-0.3, -0.25) is 0 Å². The molecule has 0 bridgehead atoms. The lowest BCUT2D eigenvalue weighted by Crippen LogP contribution is -2.06. The first-order valence-electron chi connectivity index (χ1n) is 6.36. The lowest BCUT2D eigenvalue weighted by atomic mass is 10.1. The van der Waals surface area contributed by atoms with Crippen LogP contribution in [-0.4, -0.2) is 17.6 Å². The van der Waals surface area contributed by atoms with Gasteiger partial charge in [0.05, 0.1) is 21.8 Å². The van der Waals surface area contributed by atoms with Gasteiger partial charge in [0.1, 0.15) is 6.07 Å². The second-order valence-electron chi connectivity index (χ2n) is 4.45. The molecule has 0 aliphatic heterocycles. The molecule has 5 heteroatoms. The van der Waals surface area contributed by atoms with E-state index in [9.17, 15) is 4.79 Å². The Labute approximate surface area is 127 Å². The van der Waals surface area contributed by atoms with Gasteiger partial charge in [-0.1, -0.05) is 29.8 Å². The number of nitrogens with one attached hydrogen (secondary N) is 1. The van der Waals surface area contributed by atoms with Crippen molar-refractivity contribution in [3.63, 3.8) is 0 Å². The molecule has 0 aliphatic rings. The van der Waals surface area contributed by atoms with Crippen LogP contribution in [0.25, 0.3) is 0 Å². The topological polar surface area (TPSA) is 73.1 Å². The number of anilines is 1. The normalized spacial score (nSPS) is 9.90. The Morgan fingerprint density at radius 3 is 2.57 bits per heavy atom. The van der Waals surface area contributed by atoms with Crippen molar-refractivity contribution in [2.75, 3.05) is 11.9 Å². The second kappa shape index (κ2) is 6.78. The maximum atomic E-state index is 10.8. The summed E-state index contributed by atoms with van der Waals surface area (Å²) in [5, 5.41) is 21.5. The molecule has 0 atom stereocenters. The van der Waals surface area contributed by atoms with Gasteiger partial charge in [0.25, 0.3) is 0 Å². The molecule has 0 aliphatic carbocycles. The lowest BCUT2D eigenvalue weighted by molar-refractivity contribution is 0.0697. The van der Waals surface area contributed by atoms with Crippen molar-refractivity contribution in [3.8, 4) is 6.07 Å². The zero-order valence-corrected chi connectivity index (χ0v) is 11.9. The predicted molar refractivity (Wildman–Crippen MR) is 81.8 cm³/mol. The molecule has 2 aromatic carbocycles. The van der Waals surface area contributed by atoms with Crippen molar-refractivity contribution in [1.29, 1.82) is 5.26 Å². The van der Waals surface area contributed by atoms with E-state index in [1.54, 1.807) is 42.5 Å². The number of hydrogen-bond acceptors (Lipinski definition) is 3. The summed E-state index contributed by atoms with van der Waals surface area (Å²) in [7, 11) is 0. The molecular weight excluding hydrogens is 288 g/mol. The summed E-state index contributed by atoms with van der Waals surface area (Å²) in [4.78, 5) is 10.8. The molecule has 2 aromatic rings. The Balaban J connectivity index is 1.97. The number of hydrogen-bond donors (Lipinski definition) is 2. The number of carboxylic acids is 1. The Morgan fingerprint density at radius 1 is 1.24 bits per heavy atom. The summed E-state index contributed by atoms with van der Waals surface area (Å²) in [6.07, 6.45) is 0.720. The van der Waals surface area contributed by atoms with Crippen molar-refractivity contribution in [1.82, 2.24) is 0 Å². The van der Waals surface area contributed by atoms with E-state index in [0.29, 0.717) is 22.8 Å². The molecule has 0 spiro atoms. The molecule has 0 unspecified atom stereocenters. The third kappa shape index (κ3) is 3.74. The highest BCUT2D eigenvalue weighted by Gasteiger charge is 2.06. The Kier molecular flexibility index (Phi) is 4.81. The third-order valence-electron chi connectivity index (χ3n) is 3.06. The highest BCUT2D eigenvalue weighted by molar-refractivity contribution is 6.32. The van der Waals surface area contributed by atoms with E-state index in [0.717, 1.165) is 12.0 Å². The number of nitriles is 1. The first kappa shape index (κ1) is 14.9. The summed E-state index contributed by atoms with van der Waals surface area (Å²) >= 11 is 5.95. The van der Waals surface area contributed by atoms with Gasteiger partial charge < -0.3 is 10.4 Å². The monoisotopic (exact) mass is 300 g/mol. The summed E-state index contributed by atoms with van der Waals surface area (Å²) in [5.74, 6) is -0.933. The van der Waals surface area contributed by atoms with E-state index in [1.807, 2.05) is 0 Å². The van der Waals surface area contributed by atoms with Crippen molar-refractivity contribution < 1.29 is 9.90 Å². The van der Waals surface area contributed by atoms with E-state index < -0.39 is 5.97 Å². The van der Waals surface area contributed by atoms with E-state index in [1.165, 1.54) is 0 Å². The first-order valence-corrected chi connectivity index (χ1v) is 6.74. The number of carboxylic acid groups (broad SMARTS) is 1. The molecular formula is C16H13ClN2O2. The highest BCUT2D eigenvalue weighted by atomic mass is 35.5. The second-order valence-corrected chi connectivity index (χ2v) is 4.86. The number of aromatic carboxylic acids is 1. The Bertz CT molecular complexity index is 690. The van der Waals surface area contributed by atoms with Crippen LogP contribution in [0.1, 0.15) is 21.5 Å². The van der Waals surface area contributed by atoms with Crippen molar-refractivity contribution in [3.05, 3.63) is 64.2 Å². The Hall–Kier alpha value is -2.51. The minimum absolute atomic E-state index is 0.272. The number of rotatable bonds is 5. The van der Waals surface area contributed by atoms with Gasteiger partial charge in [0.2, 0.25) is 0 Å². The predicted octanol–water partition coefficient (Wildman–Crippen LogP) is 3.56. The van der Waals surface area contributed by atoms with Gasteiger partial charge in [-0.25, -0.2) is 4.79 Å². The molecule has 21 heavy (non-hydrogen) atoms.